The number of nitrogens with zero attached hydrogens (tertiary/aromatic N) is 1. The van der Waals surface area contributed by atoms with Gasteiger partial charge >= 0.3 is 0 Å². The van der Waals surface area contributed by atoms with Crippen LogP contribution in [0.1, 0.15) is 50.3 Å². The molecule has 4 heteroatoms. The van der Waals surface area contributed by atoms with Gasteiger partial charge in [0.2, 0.25) is 5.91 Å². The number of carbonyl (C=O) groups is 1. The molecule has 0 heterocycles. The molecule has 0 radical (unpaired) electrons. The molecule has 0 aliphatic rings. The monoisotopic (exact) mass is 369 g/mol. The highest BCUT2D eigenvalue weighted by molar-refractivity contribution is 5.76. The van der Waals surface area contributed by atoms with Gasteiger partial charge in [0.1, 0.15) is 11.5 Å². The number of carbonyl (C=O) groups excluding carboxylic acids is 1. The Morgan fingerprint density at radius 2 is 1.81 bits per heavy atom. The van der Waals surface area contributed by atoms with Crippen molar-refractivity contribution in [3.63, 3.8) is 0 Å². The van der Waals surface area contributed by atoms with Gasteiger partial charge in [-0.3, -0.25) is 4.79 Å². The smallest absolute Gasteiger partial charge is 0.223 e. The van der Waals surface area contributed by atoms with E-state index >= 15 is 0 Å². The van der Waals surface area contributed by atoms with Gasteiger partial charge in [-0.25, -0.2) is 0 Å². The van der Waals surface area contributed by atoms with E-state index in [1.807, 2.05) is 67.3 Å². The minimum Gasteiger partial charge on any atom is -0.497 e. The average Bonchev–Trinajstić information content (AvgIpc) is 2.68. The molecule has 146 valence electrons. The van der Waals surface area contributed by atoms with E-state index in [1.165, 1.54) is 5.56 Å². The Labute approximate surface area is 163 Å². The summed E-state index contributed by atoms with van der Waals surface area (Å²) in [5, 5.41) is 0. The molecule has 1 unspecified atom stereocenters. The van der Waals surface area contributed by atoms with Gasteiger partial charge in [0, 0.05) is 13.0 Å². The lowest BCUT2D eigenvalue weighted by atomic mass is 10.1. The van der Waals surface area contributed by atoms with Crippen LogP contribution in [0.5, 0.6) is 11.5 Å². The van der Waals surface area contributed by atoms with E-state index in [9.17, 15) is 4.79 Å². The Bertz CT molecular complexity index is 729. The van der Waals surface area contributed by atoms with Gasteiger partial charge in [-0.15, -0.1) is 0 Å². The molecular formula is C23H31NO3. The van der Waals surface area contributed by atoms with E-state index in [1.54, 1.807) is 7.11 Å². The molecule has 0 aliphatic heterocycles. The van der Waals surface area contributed by atoms with E-state index in [0.29, 0.717) is 19.6 Å². The first-order valence-electron chi connectivity index (χ1n) is 9.68. The summed E-state index contributed by atoms with van der Waals surface area (Å²) in [6.45, 7) is 7.46. The van der Waals surface area contributed by atoms with E-state index in [4.69, 9.17) is 9.47 Å². The van der Waals surface area contributed by atoms with Crippen molar-refractivity contribution in [3.8, 4) is 11.5 Å². The van der Waals surface area contributed by atoms with Crippen molar-refractivity contribution in [2.24, 2.45) is 0 Å². The summed E-state index contributed by atoms with van der Waals surface area (Å²) in [7, 11) is 1.66. The molecule has 1 atom stereocenters. The fraction of sp³-hybridized carbons (Fsp3) is 0.435. The number of benzene rings is 2. The van der Waals surface area contributed by atoms with Crippen molar-refractivity contribution >= 4 is 5.91 Å². The van der Waals surface area contributed by atoms with Crippen molar-refractivity contribution in [2.75, 3.05) is 20.3 Å². The number of amides is 1. The summed E-state index contributed by atoms with van der Waals surface area (Å²) >= 11 is 0. The van der Waals surface area contributed by atoms with E-state index < -0.39 is 0 Å². The van der Waals surface area contributed by atoms with Crippen LogP contribution in [0.3, 0.4) is 0 Å². The highest BCUT2D eigenvalue weighted by atomic mass is 16.5. The van der Waals surface area contributed by atoms with Gasteiger partial charge in [0.05, 0.1) is 19.8 Å². The summed E-state index contributed by atoms with van der Waals surface area (Å²) in [5.41, 5.74) is 2.28. The Balaban J connectivity index is 1.80. The average molecular weight is 370 g/mol. The maximum absolute atomic E-state index is 12.7. The molecule has 0 N–H and O–H groups in total. The summed E-state index contributed by atoms with van der Waals surface area (Å²) in [6.07, 6.45) is 2.23. The number of methoxy groups -OCH3 is 1. The number of rotatable bonds is 10. The molecule has 4 nitrogen and oxygen atoms in total. The molecule has 0 saturated carbocycles. The standard InChI is InChI=1S/C23H31NO3/c1-5-24(19(3)20-11-9-12-21(17-20)26-4)23(25)14-6-7-15-27-22-13-8-10-18(2)16-22/h8-13,16-17,19H,5-7,14-15H2,1-4H3. The molecule has 2 aromatic carbocycles. The summed E-state index contributed by atoms with van der Waals surface area (Å²) < 4.78 is 11.1. The zero-order chi connectivity index (χ0) is 19.6. The first-order valence-corrected chi connectivity index (χ1v) is 9.68. The first-order chi connectivity index (χ1) is 13.0. The molecule has 1 amide bonds. The number of ether oxygens (including phenoxy) is 2. The van der Waals surface area contributed by atoms with Crippen LogP contribution in [0.15, 0.2) is 48.5 Å². The Morgan fingerprint density at radius 1 is 1.07 bits per heavy atom. The van der Waals surface area contributed by atoms with Gasteiger partial charge in [-0.05, 0) is 69.0 Å². The fourth-order valence-electron chi connectivity index (χ4n) is 3.16. The Morgan fingerprint density at radius 3 is 2.52 bits per heavy atom. The second-order valence-electron chi connectivity index (χ2n) is 6.75. The third-order valence-electron chi connectivity index (χ3n) is 4.75. The third-order valence-corrected chi connectivity index (χ3v) is 4.75. The normalized spacial score (nSPS) is 11.7. The number of aryl methyl sites for hydroxylation is 1. The lowest BCUT2D eigenvalue weighted by Crippen LogP contribution is -2.33. The fourth-order valence-corrected chi connectivity index (χ4v) is 3.16. The SMILES string of the molecule is CCN(C(=O)CCCCOc1cccc(C)c1)C(C)c1cccc(OC)c1. The van der Waals surface area contributed by atoms with Crippen molar-refractivity contribution in [1.29, 1.82) is 0 Å². The lowest BCUT2D eigenvalue weighted by Gasteiger charge is -2.29. The molecule has 0 aromatic heterocycles. The second-order valence-corrected chi connectivity index (χ2v) is 6.75. The molecule has 27 heavy (non-hydrogen) atoms. The third kappa shape index (κ3) is 6.31. The van der Waals surface area contributed by atoms with Crippen LogP contribution in [0.2, 0.25) is 0 Å². The second kappa shape index (κ2) is 10.6. The molecule has 0 spiro atoms. The predicted molar refractivity (Wildman–Crippen MR) is 109 cm³/mol. The molecule has 0 saturated heterocycles. The van der Waals surface area contributed by atoms with Crippen LogP contribution >= 0.6 is 0 Å². The molecule has 0 bridgehead atoms. The van der Waals surface area contributed by atoms with Gasteiger partial charge in [-0.1, -0.05) is 24.3 Å². The van der Waals surface area contributed by atoms with Crippen LogP contribution in [-0.4, -0.2) is 31.1 Å². The number of hydrogen-bond acceptors (Lipinski definition) is 3. The number of hydrogen-bond donors (Lipinski definition) is 0. The summed E-state index contributed by atoms with van der Waals surface area (Å²) in [5.74, 6) is 1.89. The minimum absolute atomic E-state index is 0.0288. The van der Waals surface area contributed by atoms with Gasteiger partial charge in [0.15, 0.2) is 0 Å². The van der Waals surface area contributed by atoms with Gasteiger partial charge in [-0.2, -0.15) is 0 Å². The van der Waals surface area contributed by atoms with Crippen molar-refractivity contribution < 1.29 is 14.3 Å². The molecular weight excluding hydrogens is 338 g/mol. The Kier molecular flexibility index (Phi) is 8.18. The van der Waals surface area contributed by atoms with Gasteiger partial charge in [0.25, 0.3) is 0 Å². The molecule has 2 aromatic rings. The van der Waals surface area contributed by atoms with Crippen LogP contribution in [-0.2, 0) is 4.79 Å². The zero-order valence-electron chi connectivity index (χ0n) is 16.9. The molecule has 2 rings (SSSR count). The molecule has 0 aliphatic carbocycles. The minimum atomic E-state index is 0.0288. The van der Waals surface area contributed by atoms with Crippen molar-refractivity contribution in [2.45, 2.75) is 46.1 Å². The van der Waals surface area contributed by atoms with Crippen molar-refractivity contribution in [3.05, 3.63) is 59.7 Å². The highest BCUT2D eigenvalue weighted by Crippen LogP contribution is 2.24. The van der Waals surface area contributed by atoms with E-state index in [-0.39, 0.29) is 11.9 Å². The summed E-state index contributed by atoms with van der Waals surface area (Å²) in [4.78, 5) is 14.6. The first kappa shape index (κ1) is 20.8. The van der Waals surface area contributed by atoms with E-state index in [0.717, 1.165) is 29.9 Å². The topological polar surface area (TPSA) is 38.8 Å². The Hall–Kier alpha value is -2.49. The number of unbranched alkanes of at least 4 members (excludes halogenated alkanes) is 1. The van der Waals surface area contributed by atoms with Crippen LogP contribution in [0, 0.1) is 6.92 Å². The lowest BCUT2D eigenvalue weighted by molar-refractivity contribution is -0.133. The van der Waals surface area contributed by atoms with Crippen LogP contribution < -0.4 is 9.47 Å². The highest BCUT2D eigenvalue weighted by Gasteiger charge is 2.19. The maximum Gasteiger partial charge on any atom is 0.223 e. The van der Waals surface area contributed by atoms with E-state index in [2.05, 4.69) is 6.92 Å². The largest absolute Gasteiger partial charge is 0.497 e. The van der Waals surface area contributed by atoms with Crippen LogP contribution in [0.4, 0.5) is 0 Å². The van der Waals surface area contributed by atoms with Crippen molar-refractivity contribution in [1.82, 2.24) is 4.90 Å². The zero-order valence-corrected chi connectivity index (χ0v) is 16.9. The predicted octanol–water partition coefficient (Wildman–Crippen LogP) is 5.16. The van der Waals surface area contributed by atoms with Gasteiger partial charge < -0.3 is 14.4 Å². The summed E-state index contributed by atoms with van der Waals surface area (Å²) in [6, 6.07) is 16.0. The molecule has 0 fully saturated rings. The quantitative estimate of drug-likeness (QED) is 0.543. The van der Waals surface area contributed by atoms with Crippen LogP contribution in [0.25, 0.3) is 0 Å². The maximum atomic E-state index is 12.7.